The fourth-order valence-electron chi connectivity index (χ4n) is 2.39. The van der Waals surface area contributed by atoms with Crippen LogP contribution < -0.4 is 10.1 Å². The highest BCUT2D eigenvalue weighted by Crippen LogP contribution is 2.10. The van der Waals surface area contributed by atoms with Crippen LogP contribution in [0.4, 0.5) is 4.79 Å². The molecule has 0 heterocycles. The Hall–Kier alpha value is -2.19. The van der Waals surface area contributed by atoms with Crippen molar-refractivity contribution >= 4 is 25.7 Å². The molecule has 0 aliphatic carbocycles. The normalized spacial score (nSPS) is 12.1. The summed E-state index contributed by atoms with van der Waals surface area (Å²) in [4.78, 5) is 35.6. The number of carbonyl (C=O) groups excluding carboxylic acids is 3. The van der Waals surface area contributed by atoms with Crippen molar-refractivity contribution in [3.63, 3.8) is 0 Å². The maximum atomic E-state index is 12.1. The van der Waals surface area contributed by atoms with Crippen molar-refractivity contribution in [1.82, 2.24) is 5.32 Å². The van der Waals surface area contributed by atoms with Crippen LogP contribution in [0.3, 0.4) is 0 Å². The van der Waals surface area contributed by atoms with Gasteiger partial charge in [-0.3, -0.25) is 9.59 Å². The first-order valence-corrected chi connectivity index (χ1v) is 13.6. The second kappa shape index (κ2) is 13.1. The van der Waals surface area contributed by atoms with Crippen LogP contribution in [0.2, 0.25) is 25.7 Å². The molecule has 1 aromatic rings. The molecule has 162 valence electrons. The fraction of sp³-hybridized carbons (Fsp3) is 0.571. The molecule has 2 N–H and O–H groups in total. The Balaban J connectivity index is 2.21. The molecule has 0 aliphatic rings. The van der Waals surface area contributed by atoms with Crippen molar-refractivity contribution in [2.45, 2.75) is 44.9 Å². The third-order valence-electron chi connectivity index (χ3n) is 4.22. The summed E-state index contributed by atoms with van der Waals surface area (Å²) in [5.41, 5.74) is 0. The number of hydrogen-bond acceptors (Lipinski definition) is 6. The summed E-state index contributed by atoms with van der Waals surface area (Å²) in [7, 11) is -1.27. The molecule has 0 spiro atoms. The van der Waals surface area contributed by atoms with Crippen LogP contribution in [-0.2, 0) is 14.3 Å². The number of alkyl carbamates (subject to hydrolysis) is 1. The molecule has 0 bridgehead atoms. The number of ether oxygens (including phenoxy) is 2. The highest BCUT2D eigenvalue weighted by Gasteiger charge is 2.17. The SMILES string of the molecule is C[Si](C)(C)CCOC(=O)NC[C@@H](CO)CC(=O)CCC(=O)COc1ccccc1. The number of aliphatic hydroxyl groups is 1. The molecule has 8 heteroatoms. The smallest absolute Gasteiger partial charge is 0.407 e. The van der Waals surface area contributed by atoms with Crippen LogP contribution in [0.1, 0.15) is 19.3 Å². The molecule has 0 radical (unpaired) electrons. The monoisotopic (exact) mass is 423 g/mol. The van der Waals surface area contributed by atoms with E-state index in [0.717, 1.165) is 6.04 Å². The van der Waals surface area contributed by atoms with E-state index < -0.39 is 20.1 Å². The number of amides is 1. The Labute approximate surface area is 173 Å². The first-order chi connectivity index (χ1) is 13.7. The molecule has 7 nitrogen and oxygen atoms in total. The molecule has 1 amide bonds. The Bertz CT molecular complexity index is 644. The van der Waals surface area contributed by atoms with Crippen LogP contribution >= 0.6 is 0 Å². The minimum atomic E-state index is -1.27. The fourth-order valence-corrected chi connectivity index (χ4v) is 3.10. The van der Waals surface area contributed by atoms with E-state index in [1.165, 1.54) is 0 Å². The van der Waals surface area contributed by atoms with Crippen molar-refractivity contribution in [2.75, 3.05) is 26.4 Å². The van der Waals surface area contributed by atoms with Crippen molar-refractivity contribution in [1.29, 1.82) is 0 Å². The van der Waals surface area contributed by atoms with Gasteiger partial charge in [0.1, 0.15) is 18.1 Å². The molecule has 0 fully saturated rings. The van der Waals surface area contributed by atoms with Gasteiger partial charge >= 0.3 is 6.09 Å². The lowest BCUT2D eigenvalue weighted by atomic mass is 10.00. The summed E-state index contributed by atoms with van der Waals surface area (Å²) in [5, 5.41) is 12.0. The lowest BCUT2D eigenvalue weighted by molar-refractivity contribution is -0.125. The third-order valence-corrected chi connectivity index (χ3v) is 5.92. The molecule has 1 rings (SSSR count). The number of rotatable bonds is 14. The highest BCUT2D eigenvalue weighted by molar-refractivity contribution is 6.76. The van der Waals surface area contributed by atoms with E-state index in [1.807, 2.05) is 18.2 Å². The number of carbonyl (C=O) groups is 3. The molecule has 0 aromatic heterocycles. The second-order valence-corrected chi connectivity index (χ2v) is 13.9. The van der Waals surface area contributed by atoms with Crippen LogP contribution in [0.5, 0.6) is 5.75 Å². The second-order valence-electron chi connectivity index (χ2n) is 8.26. The van der Waals surface area contributed by atoms with Gasteiger partial charge in [0.05, 0.1) is 6.61 Å². The summed E-state index contributed by atoms with van der Waals surface area (Å²) in [6.07, 6.45) is -0.259. The topological polar surface area (TPSA) is 102 Å². The van der Waals surface area contributed by atoms with Gasteiger partial charge in [-0.25, -0.2) is 4.79 Å². The van der Waals surface area contributed by atoms with E-state index in [-0.39, 0.29) is 50.6 Å². The Morgan fingerprint density at radius 1 is 1.07 bits per heavy atom. The van der Waals surface area contributed by atoms with Gasteiger partial charge < -0.3 is 19.9 Å². The third kappa shape index (κ3) is 12.8. The standard InChI is InChI=1S/C21H33NO6Si/c1-29(2,3)12-11-27-21(26)22-14-17(15-23)13-18(24)9-10-19(25)16-28-20-7-5-4-6-8-20/h4-8,17,23H,9-16H2,1-3H3,(H,22,26)/t17-/m0/s1. The Morgan fingerprint density at radius 3 is 2.34 bits per heavy atom. The van der Waals surface area contributed by atoms with Crippen molar-refractivity contribution in [3.05, 3.63) is 30.3 Å². The van der Waals surface area contributed by atoms with E-state index >= 15 is 0 Å². The first-order valence-electron chi connectivity index (χ1n) is 9.92. The first kappa shape index (κ1) is 24.8. The summed E-state index contributed by atoms with van der Waals surface area (Å²) < 4.78 is 10.5. The minimum absolute atomic E-state index is 0.0778. The van der Waals surface area contributed by atoms with Gasteiger partial charge in [-0.1, -0.05) is 37.8 Å². The van der Waals surface area contributed by atoms with E-state index in [2.05, 4.69) is 25.0 Å². The summed E-state index contributed by atoms with van der Waals surface area (Å²) >= 11 is 0. The van der Waals surface area contributed by atoms with Gasteiger partial charge in [-0.2, -0.15) is 0 Å². The number of nitrogens with one attached hydrogen (secondary N) is 1. The number of ketones is 2. The lowest BCUT2D eigenvalue weighted by Gasteiger charge is -2.17. The number of para-hydroxylation sites is 1. The average Bonchev–Trinajstić information content (AvgIpc) is 2.67. The zero-order valence-corrected chi connectivity index (χ0v) is 18.6. The van der Waals surface area contributed by atoms with Crippen LogP contribution in [0.25, 0.3) is 0 Å². The maximum absolute atomic E-state index is 12.1. The molecule has 29 heavy (non-hydrogen) atoms. The van der Waals surface area contributed by atoms with Gasteiger partial charge in [-0.05, 0) is 18.2 Å². The predicted molar refractivity (Wildman–Crippen MR) is 114 cm³/mol. The molecule has 0 saturated heterocycles. The molecule has 0 saturated carbocycles. The van der Waals surface area contributed by atoms with Crippen LogP contribution in [-0.4, -0.2) is 57.2 Å². The van der Waals surface area contributed by atoms with Gasteiger partial charge in [0.15, 0.2) is 5.78 Å². The van der Waals surface area contributed by atoms with Gasteiger partial charge in [0.25, 0.3) is 0 Å². The lowest BCUT2D eigenvalue weighted by Crippen LogP contribution is -2.33. The Morgan fingerprint density at radius 2 is 1.72 bits per heavy atom. The summed E-state index contributed by atoms with van der Waals surface area (Å²) in [6.45, 7) is 6.80. The molecular formula is C21H33NO6Si. The average molecular weight is 424 g/mol. The van der Waals surface area contributed by atoms with Crippen LogP contribution in [0.15, 0.2) is 30.3 Å². The number of Topliss-reactive ketones (excluding diaryl/α,β-unsaturated/α-hetero) is 2. The molecule has 1 atom stereocenters. The summed E-state index contributed by atoms with van der Waals surface area (Å²) in [5.74, 6) is -0.0871. The zero-order chi connectivity index (χ0) is 21.7. The van der Waals surface area contributed by atoms with Crippen molar-refractivity contribution in [2.24, 2.45) is 5.92 Å². The van der Waals surface area contributed by atoms with E-state index in [1.54, 1.807) is 12.1 Å². The minimum Gasteiger partial charge on any atom is -0.486 e. The zero-order valence-electron chi connectivity index (χ0n) is 17.6. The largest absolute Gasteiger partial charge is 0.486 e. The molecular weight excluding hydrogens is 390 g/mol. The number of benzene rings is 1. The number of hydrogen-bond donors (Lipinski definition) is 2. The highest BCUT2D eigenvalue weighted by atomic mass is 28.3. The van der Waals surface area contributed by atoms with Gasteiger partial charge in [0, 0.05) is 46.4 Å². The molecule has 1 aromatic carbocycles. The van der Waals surface area contributed by atoms with E-state index in [4.69, 9.17) is 9.47 Å². The maximum Gasteiger partial charge on any atom is 0.407 e. The Kier molecular flexibility index (Phi) is 11.2. The van der Waals surface area contributed by atoms with E-state index in [0.29, 0.717) is 12.4 Å². The molecule has 0 aliphatic heterocycles. The van der Waals surface area contributed by atoms with Gasteiger partial charge in [-0.15, -0.1) is 0 Å². The van der Waals surface area contributed by atoms with Crippen molar-refractivity contribution < 1.29 is 29.0 Å². The van der Waals surface area contributed by atoms with E-state index in [9.17, 15) is 19.5 Å². The predicted octanol–water partition coefficient (Wildman–Crippen LogP) is 3.05. The number of aliphatic hydroxyl groups excluding tert-OH is 1. The van der Waals surface area contributed by atoms with Gasteiger partial charge in [0.2, 0.25) is 0 Å². The summed E-state index contributed by atoms with van der Waals surface area (Å²) in [6, 6.07) is 9.88. The molecule has 0 unspecified atom stereocenters. The van der Waals surface area contributed by atoms with Crippen molar-refractivity contribution in [3.8, 4) is 5.75 Å². The van der Waals surface area contributed by atoms with Crippen LogP contribution in [0, 0.1) is 5.92 Å². The quantitative estimate of drug-likeness (QED) is 0.446.